The zero-order valence-electron chi connectivity index (χ0n) is 14.1. The van der Waals surface area contributed by atoms with Crippen LogP contribution in [0.15, 0.2) is 23.3 Å². The van der Waals surface area contributed by atoms with Gasteiger partial charge in [-0.3, -0.25) is 4.79 Å². The van der Waals surface area contributed by atoms with Gasteiger partial charge in [0.15, 0.2) is 0 Å². The summed E-state index contributed by atoms with van der Waals surface area (Å²) >= 11 is 6.17. The second kappa shape index (κ2) is 7.99. The van der Waals surface area contributed by atoms with Crippen LogP contribution in [0.2, 0.25) is 5.02 Å². The number of rotatable bonds is 5. The number of nitrogens with zero attached hydrogens (tertiary/aromatic N) is 2. The van der Waals surface area contributed by atoms with Crippen LogP contribution in [-0.2, 0) is 4.79 Å². The van der Waals surface area contributed by atoms with Gasteiger partial charge in [-0.2, -0.15) is 5.10 Å². The Morgan fingerprint density at radius 2 is 2.29 bits per heavy atom. The van der Waals surface area contributed by atoms with Crippen molar-refractivity contribution in [1.29, 1.82) is 0 Å². The monoisotopic (exact) mass is 348 g/mol. The van der Waals surface area contributed by atoms with E-state index in [-0.39, 0.29) is 5.91 Å². The van der Waals surface area contributed by atoms with Crippen molar-refractivity contribution in [3.05, 3.63) is 28.8 Å². The van der Waals surface area contributed by atoms with Crippen molar-refractivity contribution in [2.45, 2.75) is 45.1 Å². The van der Waals surface area contributed by atoms with Gasteiger partial charge in [0.1, 0.15) is 0 Å². The molecule has 0 aromatic heterocycles. The Bertz CT molecular complexity index is 625. The highest BCUT2D eigenvalue weighted by Gasteiger charge is 2.29. The molecular weight excluding hydrogens is 324 g/mol. The maximum Gasteiger partial charge on any atom is 0.233 e. The fourth-order valence-electron chi connectivity index (χ4n) is 3.42. The minimum absolute atomic E-state index is 0.109. The molecule has 1 aromatic rings. The normalized spacial score (nSPS) is 22.6. The lowest BCUT2D eigenvalue weighted by molar-refractivity contribution is -0.117. The van der Waals surface area contributed by atoms with Crippen molar-refractivity contribution < 1.29 is 4.79 Å². The summed E-state index contributed by atoms with van der Waals surface area (Å²) in [5, 5.41) is 8.59. The van der Waals surface area contributed by atoms with E-state index in [9.17, 15) is 4.79 Å². The van der Waals surface area contributed by atoms with Crippen molar-refractivity contribution >= 4 is 28.9 Å². The van der Waals surface area contributed by atoms with E-state index in [1.54, 1.807) is 0 Å². The Hall–Kier alpha value is -1.59. The van der Waals surface area contributed by atoms with Crippen molar-refractivity contribution in [3.8, 4) is 0 Å². The summed E-state index contributed by atoms with van der Waals surface area (Å²) < 4.78 is 0. The first kappa shape index (κ1) is 17.2. The molecular formula is C18H25ClN4O. The van der Waals surface area contributed by atoms with Gasteiger partial charge in [0.05, 0.1) is 17.8 Å². The van der Waals surface area contributed by atoms with E-state index >= 15 is 0 Å². The van der Waals surface area contributed by atoms with Gasteiger partial charge < -0.3 is 15.6 Å². The second-order valence-corrected chi connectivity index (χ2v) is 6.83. The third kappa shape index (κ3) is 3.90. The fraction of sp³-hybridized carbons (Fsp3) is 0.556. The number of amides is 1. The van der Waals surface area contributed by atoms with Crippen LogP contribution in [0.5, 0.6) is 0 Å². The minimum Gasteiger partial charge on any atom is -0.314 e. The van der Waals surface area contributed by atoms with Crippen molar-refractivity contribution in [2.24, 2.45) is 5.10 Å². The van der Waals surface area contributed by atoms with Crippen LogP contribution in [-0.4, -0.2) is 37.3 Å². The number of benzene rings is 1. The second-order valence-electron chi connectivity index (χ2n) is 6.39. The predicted octanol–water partition coefficient (Wildman–Crippen LogP) is 2.92. The number of halogens is 1. The third-order valence-electron chi connectivity index (χ3n) is 4.67. The van der Waals surface area contributed by atoms with Gasteiger partial charge in [-0.05, 0) is 50.9 Å². The van der Waals surface area contributed by atoms with E-state index < -0.39 is 0 Å². The molecule has 2 aliphatic heterocycles. The molecule has 1 amide bonds. The summed E-state index contributed by atoms with van der Waals surface area (Å²) in [7, 11) is 0. The SMILES string of the molecule is CCN/N=C1\CC(=O)N(CCC2CCCCN2)c2ccc(Cl)cc21. The van der Waals surface area contributed by atoms with Gasteiger partial charge in [-0.1, -0.05) is 18.0 Å². The molecule has 24 heavy (non-hydrogen) atoms. The summed E-state index contributed by atoms with van der Waals surface area (Å²) in [5.74, 6) is 0.109. The predicted molar refractivity (Wildman–Crippen MR) is 98.9 cm³/mol. The van der Waals surface area contributed by atoms with Gasteiger partial charge in [-0.25, -0.2) is 0 Å². The number of nitrogens with one attached hydrogen (secondary N) is 2. The molecule has 0 bridgehead atoms. The molecule has 1 aromatic carbocycles. The maximum atomic E-state index is 12.7. The highest BCUT2D eigenvalue weighted by atomic mass is 35.5. The van der Waals surface area contributed by atoms with Gasteiger partial charge in [0, 0.05) is 29.7 Å². The first-order chi connectivity index (χ1) is 11.7. The van der Waals surface area contributed by atoms with E-state index in [0.29, 0.717) is 17.5 Å². The Kier molecular flexibility index (Phi) is 5.74. The molecule has 130 valence electrons. The third-order valence-corrected chi connectivity index (χ3v) is 4.90. The summed E-state index contributed by atoms with van der Waals surface area (Å²) in [6.45, 7) is 4.53. The molecule has 6 heteroatoms. The summed E-state index contributed by atoms with van der Waals surface area (Å²) in [4.78, 5) is 14.5. The maximum absolute atomic E-state index is 12.7. The standard InChI is InChI=1S/C18H25ClN4O/c1-2-21-22-16-12-18(24)23(10-8-14-5-3-4-9-20-14)17-7-6-13(19)11-15(16)17/h6-7,11,14,20-21H,2-5,8-10,12H2,1H3/b22-16+. The molecule has 2 heterocycles. The lowest BCUT2D eigenvalue weighted by Crippen LogP contribution is -2.42. The lowest BCUT2D eigenvalue weighted by Gasteiger charge is -2.32. The van der Waals surface area contributed by atoms with Crippen LogP contribution < -0.4 is 15.6 Å². The first-order valence-electron chi connectivity index (χ1n) is 8.82. The first-order valence-corrected chi connectivity index (χ1v) is 9.20. The van der Waals surface area contributed by atoms with Crippen LogP contribution in [0.1, 0.15) is 44.6 Å². The number of anilines is 1. The smallest absolute Gasteiger partial charge is 0.233 e. The number of fused-ring (bicyclic) bond motifs is 1. The number of hydrogen-bond acceptors (Lipinski definition) is 4. The largest absolute Gasteiger partial charge is 0.314 e. The highest BCUT2D eigenvalue weighted by molar-refractivity contribution is 6.32. The van der Waals surface area contributed by atoms with E-state index in [1.165, 1.54) is 19.3 Å². The fourth-order valence-corrected chi connectivity index (χ4v) is 3.59. The van der Waals surface area contributed by atoms with E-state index in [2.05, 4.69) is 15.8 Å². The minimum atomic E-state index is 0.109. The highest BCUT2D eigenvalue weighted by Crippen LogP contribution is 2.31. The molecule has 5 nitrogen and oxygen atoms in total. The average molecular weight is 349 g/mol. The molecule has 0 radical (unpaired) electrons. The van der Waals surface area contributed by atoms with Crippen LogP contribution in [0.3, 0.4) is 0 Å². The van der Waals surface area contributed by atoms with Gasteiger partial charge in [0.25, 0.3) is 0 Å². The van der Waals surface area contributed by atoms with Gasteiger partial charge in [0.2, 0.25) is 5.91 Å². The lowest BCUT2D eigenvalue weighted by atomic mass is 9.97. The van der Waals surface area contributed by atoms with Crippen LogP contribution in [0.25, 0.3) is 0 Å². The average Bonchev–Trinajstić information content (AvgIpc) is 2.60. The topological polar surface area (TPSA) is 56.7 Å². The number of carbonyl (C=O) groups is 1. The van der Waals surface area contributed by atoms with Crippen LogP contribution in [0, 0.1) is 0 Å². The summed E-state index contributed by atoms with van der Waals surface area (Å²) in [6.07, 6.45) is 5.02. The molecule has 1 fully saturated rings. The van der Waals surface area contributed by atoms with Crippen molar-refractivity contribution in [2.75, 3.05) is 24.5 Å². The Balaban J connectivity index is 1.80. The van der Waals surface area contributed by atoms with Crippen molar-refractivity contribution in [3.63, 3.8) is 0 Å². The quantitative estimate of drug-likeness (QED) is 0.804. The zero-order chi connectivity index (χ0) is 16.9. The molecule has 0 saturated carbocycles. The van der Waals surface area contributed by atoms with E-state index in [0.717, 1.165) is 43.0 Å². The molecule has 1 atom stereocenters. The number of hydrogen-bond donors (Lipinski definition) is 2. The van der Waals surface area contributed by atoms with E-state index in [4.69, 9.17) is 11.6 Å². The van der Waals surface area contributed by atoms with Gasteiger partial charge >= 0.3 is 0 Å². The van der Waals surface area contributed by atoms with Crippen LogP contribution >= 0.6 is 11.6 Å². The van der Waals surface area contributed by atoms with Gasteiger partial charge in [-0.15, -0.1) is 0 Å². The summed E-state index contributed by atoms with van der Waals surface area (Å²) in [6, 6.07) is 6.20. The molecule has 1 unspecified atom stereocenters. The van der Waals surface area contributed by atoms with Crippen molar-refractivity contribution in [1.82, 2.24) is 10.7 Å². The molecule has 1 saturated heterocycles. The Morgan fingerprint density at radius 3 is 3.04 bits per heavy atom. The molecule has 2 N–H and O–H groups in total. The summed E-state index contributed by atoms with van der Waals surface area (Å²) in [5.41, 5.74) is 5.61. The molecule has 2 aliphatic rings. The Morgan fingerprint density at radius 1 is 1.42 bits per heavy atom. The number of carbonyl (C=O) groups excluding carboxylic acids is 1. The number of piperidine rings is 1. The Labute approximate surface area is 148 Å². The molecule has 0 spiro atoms. The molecule has 0 aliphatic carbocycles. The zero-order valence-corrected chi connectivity index (χ0v) is 14.9. The molecule has 3 rings (SSSR count). The van der Waals surface area contributed by atoms with Crippen LogP contribution in [0.4, 0.5) is 5.69 Å². The number of hydrazone groups is 1. The van der Waals surface area contributed by atoms with E-state index in [1.807, 2.05) is 30.0 Å².